The SMILES string of the molecule is CCC(CCN)CCC(=O)Nc1ccc(F)c([N+](=O)[O-])c1. The highest BCUT2D eigenvalue weighted by atomic mass is 19.1. The molecule has 3 N–H and O–H groups in total. The third-order valence-corrected chi connectivity index (χ3v) is 3.36. The Bertz CT molecular complexity index is 508. The number of carbonyl (C=O) groups excluding carboxylic acids is 1. The summed E-state index contributed by atoms with van der Waals surface area (Å²) < 4.78 is 13.2. The number of hydrogen-bond acceptors (Lipinski definition) is 4. The van der Waals surface area contributed by atoms with E-state index in [1.54, 1.807) is 0 Å². The Hall–Kier alpha value is -2.02. The molecule has 1 amide bonds. The highest BCUT2D eigenvalue weighted by Gasteiger charge is 2.15. The van der Waals surface area contributed by atoms with Crippen molar-refractivity contribution in [3.8, 4) is 0 Å². The van der Waals surface area contributed by atoms with Crippen molar-refractivity contribution in [2.75, 3.05) is 11.9 Å². The number of nitro benzene ring substituents is 1. The summed E-state index contributed by atoms with van der Waals surface area (Å²) in [4.78, 5) is 21.6. The number of amides is 1. The van der Waals surface area contributed by atoms with Crippen LogP contribution in [-0.2, 0) is 4.79 Å². The van der Waals surface area contributed by atoms with Crippen molar-refractivity contribution in [2.45, 2.75) is 32.6 Å². The van der Waals surface area contributed by atoms with Crippen LogP contribution in [0.2, 0.25) is 0 Å². The van der Waals surface area contributed by atoms with E-state index in [-0.39, 0.29) is 11.6 Å². The summed E-state index contributed by atoms with van der Waals surface area (Å²) in [5.74, 6) is -0.776. The Morgan fingerprint density at radius 3 is 2.76 bits per heavy atom. The second-order valence-corrected chi connectivity index (χ2v) is 4.86. The predicted molar refractivity (Wildman–Crippen MR) is 78.4 cm³/mol. The zero-order chi connectivity index (χ0) is 15.8. The van der Waals surface area contributed by atoms with Crippen molar-refractivity contribution in [3.63, 3.8) is 0 Å². The third-order valence-electron chi connectivity index (χ3n) is 3.36. The van der Waals surface area contributed by atoms with Gasteiger partial charge in [0.1, 0.15) is 0 Å². The fourth-order valence-corrected chi connectivity index (χ4v) is 2.08. The minimum atomic E-state index is -0.924. The van der Waals surface area contributed by atoms with Crippen LogP contribution in [0, 0.1) is 21.8 Å². The Labute approximate surface area is 122 Å². The van der Waals surface area contributed by atoms with Gasteiger partial charge >= 0.3 is 5.69 Å². The van der Waals surface area contributed by atoms with E-state index in [2.05, 4.69) is 5.32 Å². The molecule has 1 aromatic rings. The van der Waals surface area contributed by atoms with Crippen LogP contribution >= 0.6 is 0 Å². The summed E-state index contributed by atoms with van der Waals surface area (Å²) in [5, 5.41) is 13.2. The summed E-state index contributed by atoms with van der Waals surface area (Å²) in [6, 6.07) is 3.29. The first-order valence-corrected chi connectivity index (χ1v) is 6.91. The third kappa shape index (κ3) is 5.47. The molecule has 0 spiro atoms. The van der Waals surface area contributed by atoms with Crippen molar-refractivity contribution in [2.24, 2.45) is 11.7 Å². The highest BCUT2D eigenvalue weighted by molar-refractivity contribution is 5.91. The molecule has 1 unspecified atom stereocenters. The van der Waals surface area contributed by atoms with Crippen molar-refractivity contribution in [1.82, 2.24) is 0 Å². The van der Waals surface area contributed by atoms with Gasteiger partial charge in [0.15, 0.2) is 0 Å². The number of nitrogens with one attached hydrogen (secondary N) is 1. The van der Waals surface area contributed by atoms with Gasteiger partial charge in [0, 0.05) is 18.2 Å². The maximum atomic E-state index is 13.2. The molecule has 0 radical (unpaired) electrons. The van der Waals surface area contributed by atoms with Crippen LogP contribution in [0.3, 0.4) is 0 Å². The molecule has 116 valence electrons. The van der Waals surface area contributed by atoms with Gasteiger partial charge in [0.05, 0.1) is 4.92 Å². The van der Waals surface area contributed by atoms with E-state index in [9.17, 15) is 19.3 Å². The fourth-order valence-electron chi connectivity index (χ4n) is 2.08. The molecule has 0 heterocycles. The molecular weight excluding hydrogens is 277 g/mol. The van der Waals surface area contributed by atoms with E-state index in [0.717, 1.165) is 25.0 Å². The van der Waals surface area contributed by atoms with Gasteiger partial charge in [-0.15, -0.1) is 0 Å². The molecule has 1 aromatic carbocycles. The maximum absolute atomic E-state index is 13.2. The number of rotatable bonds is 8. The summed E-state index contributed by atoms with van der Waals surface area (Å²) >= 11 is 0. The zero-order valence-corrected chi connectivity index (χ0v) is 12.0. The van der Waals surface area contributed by atoms with Gasteiger partial charge in [-0.2, -0.15) is 4.39 Å². The number of nitrogens with two attached hydrogens (primary N) is 1. The van der Waals surface area contributed by atoms with Crippen LogP contribution in [0.5, 0.6) is 0 Å². The lowest BCUT2D eigenvalue weighted by atomic mass is 9.96. The molecule has 21 heavy (non-hydrogen) atoms. The van der Waals surface area contributed by atoms with Crippen LogP contribution in [-0.4, -0.2) is 17.4 Å². The average molecular weight is 297 g/mol. The summed E-state index contributed by atoms with van der Waals surface area (Å²) in [6.07, 6.45) is 2.84. The zero-order valence-electron chi connectivity index (χ0n) is 12.0. The molecule has 0 aromatic heterocycles. The molecule has 1 rings (SSSR count). The number of benzene rings is 1. The van der Waals surface area contributed by atoms with E-state index >= 15 is 0 Å². The van der Waals surface area contributed by atoms with Crippen molar-refractivity contribution in [3.05, 3.63) is 34.1 Å². The minimum Gasteiger partial charge on any atom is -0.330 e. The quantitative estimate of drug-likeness (QED) is 0.569. The Morgan fingerprint density at radius 2 is 2.19 bits per heavy atom. The van der Waals surface area contributed by atoms with E-state index in [1.165, 1.54) is 6.07 Å². The Kier molecular flexibility index (Phi) is 6.74. The predicted octanol–water partition coefficient (Wildman–Crippen LogP) is 2.83. The molecule has 1 atom stereocenters. The molecule has 0 saturated carbocycles. The molecule has 0 aliphatic carbocycles. The van der Waals surface area contributed by atoms with Crippen molar-refractivity contribution in [1.29, 1.82) is 0 Å². The first kappa shape index (κ1) is 17.0. The van der Waals surface area contributed by atoms with Crippen LogP contribution in [0.4, 0.5) is 15.8 Å². The molecule has 0 fully saturated rings. The number of carbonyl (C=O) groups is 1. The van der Waals surface area contributed by atoms with E-state index in [0.29, 0.717) is 25.3 Å². The number of halogens is 1. The monoisotopic (exact) mass is 297 g/mol. The van der Waals surface area contributed by atoms with Gasteiger partial charge in [0.2, 0.25) is 11.7 Å². The Balaban J connectivity index is 2.59. The van der Waals surface area contributed by atoms with Gasteiger partial charge in [-0.3, -0.25) is 14.9 Å². The summed E-state index contributed by atoms with van der Waals surface area (Å²) in [5.41, 5.74) is 5.07. The molecule has 7 heteroatoms. The smallest absolute Gasteiger partial charge is 0.306 e. The number of nitro groups is 1. The second kappa shape index (κ2) is 8.31. The molecular formula is C14H20FN3O3. The van der Waals surface area contributed by atoms with Gasteiger partial charge in [-0.1, -0.05) is 13.3 Å². The lowest BCUT2D eigenvalue weighted by molar-refractivity contribution is -0.387. The minimum absolute atomic E-state index is 0.222. The standard InChI is InChI=1S/C14H20FN3O3/c1-2-10(7-8-16)3-6-14(19)17-11-4-5-12(15)13(9-11)18(20)21/h4-5,9-10H,2-3,6-8,16H2,1H3,(H,17,19). The lowest BCUT2D eigenvalue weighted by Crippen LogP contribution is -2.15. The van der Waals surface area contributed by atoms with Crippen LogP contribution in [0.1, 0.15) is 32.6 Å². The highest BCUT2D eigenvalue weighted by Crippen LogP contribution is 2.22. The summed E-state index contributed by atoms with van der Waals surface area (Å²) in [7, 11) is 0. The van der Waals surface area contributed by atoms with E-state index < -0.39 is 16.4 Å². The molecule has 0 saturated heterocycles. The van der Waals surface area contributed by atoms with Crippen LogP contribution in [0.15, 0.2) is 18.2 Å². The fraction of sp³-hybridized carbons (Fsp3) is 0.500. The topological polar surface area (TPSA) is 98.3 Å². The Morgan fingerprint density at radius 1 is 1.48 bits per heavy atom. The second-order valence-electron chi connectivity index (χ2n) is 4.86. The molecule has 0 aliphatic rings. The van der Waals surface area contributed by atoms with Gasteiger partial charge in [-0.05, 0) is 37.4 Å². The van der Waals surface area contributed by atoms with Crippen LogP contribution in [0.25, 0.3) is 0 Å². The van der Waals surface area contributed by atoms with E-state index in [1.807, 2.05) is 6.92 Å². The normalized spacial score (nSPS) is 12.0. The first-order valence-electron chi connectivity index (χ1n) is 6.91. The van der Waals surface area contributed by atoms with E-state index in [4.69, 9.17) is 5.73 Å². The molecule has 0 aliphatic heterocycles. The summed E-state index contributed by atoms with van der Waals surface area (Å²) in [6.45, 7) is 2.63. The number of anilines is 1. The van der Waals surface area contributed by atoms with Crippen molar-refractivity contribution < 1.29 is 14.1 Å². The largest absolute Gasteiger partial charge is 0.330 e. The first-order chi connectivity index (χ1) is 9.97. The van der Waals surface area contributed by atoms with Crippen LogP contribution < -0.4 is 11.1 Å². The number of nitrogens with zero attached hydrogens (tertiary/aromatic N) is 1. The number of hydrogen-bond donors (Lipinski definition) is 2. The van der Waals surface area contributed by atoms with Crippen molar-refractivity contribution >= 4 is 17.3 Å². The van der Waals surface area contributed by atoms with Gasteiger partial charge in [-0.25, -0.2) is 0 Å². The van der Waals surface area contributed by atoms with Gasteiger partial charge in [0.25, 0.3) is 0 Å². The molecule has 6 nitrogen and oxygen atoms in total. The maximum Gasteiger partial charge on any atom is 0.306 e. The lowest BCUT2D eigenvalue weighted by Gasteiger charge is -2.13. The molecule has 0 bridgehead atoms. The van der Waals surface area contributed by atoms with Gasteiger partial charge < -0.3 is 11.1 Å². The average Bonchev–Trinajstić information content (AvgIpc) is 2.45.